The summed E-state index contributed by atoms with van der Waals surface area (Å²) in [6.45, 7) is 7.02. The van der Waals surface area contributed by atoms with E-state index < -0.39 is 24.0 Å². The van der Waals surface area contributed by atoms with Crippen molar-refractivity contribution < 1.29 is 16.1 Å². The third-order valence-electron chi connectivity index (χ3n) is 2.18. The van der Waals surface area contributed by atoms with Gasteiger partial charge in [0.15, 0.2) is 0 Å². The Morgan fingerprint density at radius 2 is 1.75 bits per heavy atom. The van der Waals surface area contributed by atoms with Gasteiger partial charge in [-0.05, 0) is 11.8 Å². The number of nitrogens with two attached hydrogens (primary N) is 1. The average Bonchev–Trinajstić information content (AvgIpc) is 2.13. The molecule has 0 saturated carbocycles. The molecule has 0 aliphatic heterocycles. The van der Waals surface area contributed by atoms with Crippen molar-refractivity contribution in [1.29, 1.82) is 0 Å². The molecule has 0 spiro atoms. The smallest absolute Gasteiger partial charge is 0.326 e. The first kappa shape index (κ1) is 15.2. The first-order chi connectivity index (χ1) is 7.31. The molecule has 0 heterocycles. The summed E-state index contributed by atoms with van der Waals surface area (Å²) >= 11 is 0. The van der Waals surface area contributed by atoms with Crippen LogP contribution in [-0.2, 0) is 9.59 Å². The number of hydrogen-bond acceptors (Lipinski definition) is 3. The van der Waals surface area contributed by atoms with Crippen LogP contribution in [0.5, 0.6) is 0 Å². The number of halogens is 1. The fourth-order valence-corrected chi connectivity index (χ4v) is 1.06. The summed E-state index contributed by atoms with van der Waals surface area (Å²) in [5.41, 5.74) is 2.13. The molecule has 0 fully saturated rings. The minimum Gasteiger partial charge on any atom is -0.480 e. The molecule has 16 heavy (non-hydrogen) atoms. The fraction of sp³-hybridized carbons (Fsp3) is 0.800. The van der Waals surface area contributed by atoms with E-state index in [0.717, 1.165) is 0 Å². The third kappa shape index (κ3) is 5.32. The quantitative estimate of drug-likeness (QED) is 0.647. The highest BCUT2D eigenvalue weighted by Gasteiger charge is 2.26. The van der Waals surface area contributed by atoms with Crippen molar-refractivity contribution >= 4 is 24.3 Å². The zero-order chi connectivity index (χ0) is 12.9. The van der Waals surface area contributed by atoms with Gasteiger partial charge in [-0.1, -0.05) is 27.7 Å². The van der Waals surface area contributed by atoms with Crippen molar-refractivity contribution in [1.82, 2.24) is 5.32 Å². The number of rotatable bonds is 6. The van der Waals surface area contributed by atoms with Gasteiger partial charge in [0.1, 0.15) is 7.45 Å². The Bertz CT molecular complexity index is 262. The van der Waals surface area contributed by atoms with Crippen LogP contribution in [0, 0.1) is 11.8 Å². The van der Waals surface area contributed by atoms with Crippen LogP contribution >= 0.6 is 12.4 Å². The summed E-state index contributed by atoms with van der Waals surface area (Å²) in [7, 11) is 0. The number of amides is 1. The van der Waals surface area contributed by atoms with Gasteiger partial charge in [-0.25, -0.2) is 4.79 Å². The van der Waals surface area contributed by atoms with Crippen LogP contribution in [-0.4, -0.2) is 29.1 Å². The van der Waals surface area contributed by atoms with Crippen molar-refractivity contribution in [2.75, 3.05) is 0 Å². The molecule has 0 unspecified atom stereocenters. The Morgan fingerprint density at radius 1 is 1.25 bits per heavy atom. The van der Waals surface area contributed by atoms with Gasteiger partial charge in [-0.3, -0.25) is 4.79 Å². The van der Waals surface area contributed by atoms with Crippen LogP contribution in [0.1, 0.15) is 27.7 Å². The van der Waals surface area contributed by atoms with Crippen LogP contribution < -0.4 is 11.0 Å². The van der Waals surface area contributed by atoms with Crippen molar-refractivity contribution in [2.24, 2.45) is 17.6 Å². The fourth-order valence-electron chi connectivity index (χ4n) is 1.06. The number of carbonyl (C=O) groups is 2. The lowest BCUT2D eigenvalue weighted by Gasteiger charge is -2.21. The predicted octanol–water partition coefficient (Wildman–Crippen LogP) is 0.617. The van der Waals surface area contributed by atoms with Gasteiger partial charge in [-0.15, -0.1) is 12.4 Å². The lowest BCUT2D eigenvalue weighted by molar-refractivity contribution is -0.143. The van der Waals surface area contributed by atoms with Gasteiger partial charge in [-0.2, -0.15) is 0 Å². The van der Waals surface area contributed by atoms with Crippen LogP contribution in [0.4, 0.5) is 0 Å². The molecular weight excluding hydrogens is 232 g/mol. The first-order valence-corrected chi connectivity index (χ1v) is 5.01. The number of nitrogens with one attached hydrogen (secondary N) is 1. The summed E-state index contributed by atoms with van der Waals surface area (Å²) < 4.78 is 7.02. The number of carboxylic acid groups (broad SMARTS) is 1. The van der Waals surface area contributed by atoms with Crippen molar-refractivity contribution in [3.05, 3.63) is 0 Å². The molecule has 0 aliphatic rings. The van der Waals surface area contributed by atoms with Crippen LogP contribution in [0.2, 0.25) is 1.41 Å². The number of hydrogen-bond donors (Lipinski definition) is 3. The molecule has 0 rings (SSSR count). The molecule has 5 nitrogen and oxygen atoms in total. The van der Waals surface area contributed by atoms with E-state index in [4.69, 9.17) is 6.52 Å². The number of carboxylic acids is 1. The minimum absolute atomic E-state index is 0. The molecule has 0 radical (unpaired) electrons. The first-order valence-electron chi connectivity index (χ1n) is 5.51. The van der Waals surface area contributed by atoms with Crippen LogP contribution in [0.25, 0.3) is 0 Å². The van der Waals surface area contributed by atoms with Crippen LogP contribution in [0.3, 0.4) is 0 Å². The van der Waals surface area contributed by atoms with Gasteiger partial charge in [0.2, 0.25) is 5.91 Å². The van der Waals surface area contributed by atoms with E-state index in [9.17, 15) is 9.59 Å². The molecule has 6 heteroatoms. The lowest BCUT2D eigenvalue weighted by Crippen LogP contribution is -2.52. The summed E-state index contributed by atoms with van der Waals surface area (Å²) in [4.78, 5) is 22.6. The molecule has 0 aromatic carbocycles. The molecule has 0 aliphatic carbocycles. The Morgan fingerprint density at radius 3 is 2.00 bits per heavy atom. The van der Waals surface area contributed by atoms with Gasteiger partial charge >= 0.3 is 5.97 Å². The molecule has 1 amide bonds. The standard InChI is InChI=1S/C10H20N2O3.ClH/c1-5(2)7(11)9(13)12-8(6(3)4)10(14)15;/h5-8H,11H2,1-4H3,(H,12,13)(H,14,15);1H/t7-,8+;/m1./s1/i/hD. The minimum atomic E-state index is -1.06. The second-order valence-corrected chi connectivity index (χ2v) is 4.29. The van der Waals surface area contributed by atoms with E-state index in [2.05, 4.69) is 11.0 Å². The van der Waals surface area contributed by atoms with Crippen LogP contribution in [0.15, 0.2) is 0 Å². The molecule has 4 N–H and O–H groups in total. The summed E-state index contributed by atoms with van der Waals surface area (Å²) in [6.07, 6.45) is 0. The van der Waals surface area contributed by atoms with E-state index in [-0.39, 0.29) is 24.2 Å². The highest BCUT2D eigenvalue weighted by atomic mass is 35.5. The van der Waals surface area contributed by atoms with Crippen molar-refractivity contribution in [2.45, 2.75) is 39.8 Å². The van der Waals surface area contributed by atoms with Crippen molar-refractivity contribution in [3.8, 4) is 0 Å². The molecule has 96 valence electrons. The number of carbonyl (C=O) groups excluding carboxylic acids is 1. The lowest BCUT2D eigenvalue weighted by atomic mass is 10.0. The zero-order valence-electron chi connectivity index (χ0n) is 11.0. The summed E-state index contributed by atoms with van der Waals surface area (Å²) in [6, 6.07) is -1.61. The molecule has 0 aromatic rings. The largest absolute Gasteiger partial charge is 0.480 e. The Hall–Kier alpha value is -0.810. The highest BCUT2D eigenvalue weighted by Crippen LogP contribution is 2.04. The zero-order valence-corrected chi connectivity index (χ0v) is 10.8. The monoisotopic (exact) mass is 253 g/mol. The predicted molar refractivity (Wildman–Crippen MR) is 64.5 cm³/mol. The maximum atomic E-state index is 11.7. The van der Waals surface area contributed by atoms with Gasteiger partial charge in [0.25, 0.3) is 0 Å². The van der Waals surface area contributed by atoms with E-state index in [0.29, 0.717) is 0 Å². The van der Waals surface area contributed by atoms with Gasteiger partial charge < -0.3 is 16.2 Å². The summed E-state index contributed by atoms with van der Waals surface area (Å²) in [5, 5.41) is 11.3. The Labute approximate surface area is 104 Å². The Balaban J connectivity index is 0. The normalized spacial score (nSPS) is 15.0. The second-order valence-electron chi connectivity index (χ2n) is 4.29. The second kappa shape index (κ2) is 7.46. The van der Waals surface area contributed by atoms with E-state index >= 15 is 0 Å². The van der Waals surface area contributed by atoms with Gasteiger partial charge in [0, 0.05) is 0 Å². The third-order valence-corrected chi connectivity index (χ3v) is 2.18. The van der Waals surface area contributed by atoms with E-state index in [1.807, 2.05) is 0 Å². The molecule has 0 aromatic heterocycles. The summed E-state index contributed by atoms with van der Waals surface area (Å²) in [5.74, 6) is -1.78. The van der Waals surface area contributed by atoms with Crippen molar-refractivity contribution in [3.63, 3.8) is 0 Å². The van der Waals surface area contributed by atoms with E-state index in [1.54, 1.807) is 27.7 Å². The SMILES string of the molecule is Cl.[2H]N[C@@H](C(=O)N[C@H](C(=O)O)C(C)C)C(C)C. The molecular formula is C10H21ClN2O3. The maximum absolute atomic E-state index is 11.7. The topological polar surface area (TPSA) is 92.4 Å². The molecule has 0 saturated heterocycles. The number of aliphatic carboxylic acids is 1. The average molecular weight is 254 g/mol. The van der Waals surface area contributed by atoms with E-state index in [1.165, 1.54) is 0 Å². The molecule has 2 atom stereocenters. The van der Waals surface area contributed by atoms with Gasteiger partial charge in [0.05, 0.1) is 6.04 Å². The Kier molecular flexibility index (Phi) is 7.08. The molecule has 0 bridgehead atoms. The maximum Gasteiger partial charge on any atom is 0.326 e. The highest BCUT2D eigenvalue weighted by molar-refractivity contribution is 5.87.